The number of thiophene rings is 1. The average Bonchev–Trinajstić information content (AvgIpc) is 3.43. The standard InChI is InChI=1S/C38H35ClF4N10O3S/c1-37(6-7-37)31-18(14-52(31)36(54)53-17-46-34(43)49-53)13-50-9-10-55-29-25-28(47-35(48-33(25)50)56-16-38-5-2-8-51(38)15-19(40)11-38)27(42)24(26(29)39)20-3-4-22(41)30-23(20)21(12-44)32(45)57-30/h3-4,17-19,31H,2,5-11,13-16,45H2,1H3/t18-,19-,31+,38+/m1/s1. The number of nitrogen functional groups attached to an aromatic ring is 1. The Kier molecular flexibility index (Phi) is 8.30. The van der Waals surface area contributed by atoms with Crippen molar-refractivity contribution in [3.8, 4) is 29.0 Å². The number of hydrogen-bond acceptors (Lipinski definition) is 12. The Hall–Kier alpha value is -4.99. The summed E-state index contributed by atoms with van der Waals surface area (Å²) in [6.45, 7) is 4.37. The van der Waals surface area contributed by atoms with Crippen molar-refractivity contribution in [3.05, 3.63) is 46.8 Å². The van der Waals surface area contributed by atoms with E-state index in [1.165, 1.54) is 12.1 Å². The van der Waals surface area contributed by atoms with Crippen molar-refractivity contribution in [2.45, 2.75) is 56.8 Å². The van der Waals surface area contributed by atoms with Gasteiger partial charge < -0.3 is 25.0 Å². The molecule has 0 unspecified atom stereocenters. The molecule has 4 atom stereocenters. The third kappa shape index (κ3) is 5.59. The first-order chi connectivity index (χ1) is 27.4. The predicted octanol–water partition coefficient (Wildman–Crippen LogP) is 6.55. The topological polar surface area (TPSA) is 152 Å². The Bertz CT molecular complexity index is 2560. The number of halogens is 5. The minimum Gasteiger partial charge on any atom is -0.489 e. The van der Waals surface area contributed by atoms with Gasteiger partial charge in [0.15, 0.2) is 11.6 Å². The third-order valence-electron chi connectivity index (χ3n) is 12.6. The highest BCUT2D eigenvalue weighted by molar-refractivity contribution is 7.23. The highest BCUT2D eigenvalue weighted by Gasteiger charge is 2.58. The maximum absolute atomic E-state index is 17.5. The zero-order valence-corrected chi connectivity index (χ0v) is 32.1. The number of aromatic nitrogens is 5. The van der Waals surface area contributed by atoms with Gasteiger partial charge in [-0.15, -0.1) is 16.4 Å². The summed E-state index contributed by atoms with van der Waals surface area (Å²) in [5.74, 6) is -1.16. The van der Waals surface area contributed by atoms with Gasteiger partial charge >= 0.3 is 18.1 Å². The number of benzene rings is 2. The van der Waals surface area contributed by atoms with Crippen LogP contribution in [0.25, 0.3) is 32.1 Å². The monoisotopic (exact) mass is 822 g/mol. The number of nitrogens with two attached hydrogens (primary N) is 1. The van der Waals surface area contributed by atoms with Crippen LogP contribution in [0.3, 0.4) is 0 Å². The molecule has 5 aromatic rings. The van der Waals surface area contributed by atoms with Gasteiger partial charge in [0.2, 0.25) is 0 Å². The summed E-state index contributed by atoms with van der Waals surface area (Å²) < 4.78 is 74.6. The van der Waals surface area contributed by atoms with Crippen molar-refractivity contribution in [1.82, 2.24) is 34.5 Å². The van der Waals surface area contributed by atoms with Crippen molar-refractivity contribution >= 4 is 60.8 Å². The summed E-state index contributed by atoms with van der Waals surface area (Å²) in [4.78, 5) is 32.2. The molecule has 13 nitrogen and oxygen atoms in total. The van der Waals surface area contributed by atoms with Crippen LogP contribution in [0.4, 0.5) is 33.2 Å². The zero-order valence-electron chi connectivity index (χ0n) is 30.6. The fourth-order valence-electron chi connectivity index (χ4n) is 9.72. The van der Waals surface area contributed by atoms with Gasteiger partial charge in [-0.25, -0.2) is 18.0 Å². The lowest BCUT2D eigenvalue weighted by Gasteiger charge is -2.52. The van der Waals surface area contributed by atoms with E-state index in [1.54, 1.807) is 4.90 Å². The quantitative estimate of drug-likeness (QED) is 0.178. The van der Waals surface area contributed by atoms with Crippen molar-refractivity contribution in [1.29, 1.82) is 5.26 Å². The van der Waals surface area contributed by atoms with E-state index < -0.39 is 35.5 Å². The first-order valence-corrected chi connectivity index (χ1v) is 20.0. The Morgan fingerprint density at radius 2 is 2.00 bits per heavy atom. The Morgan fingerprint density at radius 3 is 2.75 bits per heavy atom. The molecular weight excluding hydrogens is 788 g/mol. The summed E-state index contributed by atoms with van der Waals surface area (Å²) in [5.41, 5.74) is 5.22. The van der Waals surface area contributed by atoms with Gasteiger partial charge in [0.05, 0.1) is 32.8 Å². The number of hydrogen-bond donors (Lipinski definition) is 1. The number of ether oxygens (including phenoxy) is 2. The summed E-state index contributed by atoms with van der Waals surface area (Å²) in [6.07, 6.45) is 2.78. The Labute approximate surface area is 331 Å². The summed E-state index contributed by atoms with van der Waals surface area (Å²) in [5, 5.41) is 13.9. The van der Waals surface area contributed by atoms with E-state index in [4.69, 9.17) is 31.8 Å². The number of carbonyl (C=O) groups is 1. The van der Waals surface area contributed by atoms with Gasteiger partial charge in [-0.3, -0.25) is 4.90 Å². The predicted molar refractivity (Wildman–Crippen MR) is 203 cm³/mol. The highest BCUT2D eigenvalue weighted by Crippen LogP contribution is 2.56. The Balaban J connectivity index is 1.09. The van der Waals surface area contributed by atoms with Crippen LogP contribution in [-0.4, -0.2) is 104 Å². The van der Waals surface area contributed by atoms with E-state index >= 15 is 8.78 Å². The first-order valence-electron chi connectivity index (χ1n) is 18.8. The minimum atomic E-state index is -0.996. The molecule has 1 saturated carbocycles. The Morgan fingerprint density at radius 1 is 1.18 bits per heavy atom. The zero-order chi connectivity index (χ0) is 39.5. The molecular formula is C38H35ClF4N10O3S. The molecule has 0 bridgehead atoms. The summed E-state index contributed by atoms with van der Waals surface area (Å²) in [6, 6.07) is 3.74. The fraction of sp³-hybridized carbons (Fsp3) is 0.474. The lowest BCUT2D eigenvalue weighted by atomic mass is 9.78. The molecule has 7 heterocycles. The van der Waals surface area contributed by atoms with Crippen LogP contribution in [0, 0.1) is 40.4 Å². The van der Waals surface area contributed by atoms with Crippen LogP contribution >= 0.6 is 22.9 Å². The van der Waals surface area contributed by atoms with E-state index in [9.17, 15) is 18.8 Å². The van der Waals surface area contributed by atoms with Crippen molar-refractivity contribution < 1.29 is 31.8 Å². The molecule has 1 amide bonds. The number of carbonyl (C=O) groups excluding carboxylic acids is 1. The van der Waals surface area contributed by atoms with Crippen LogP contribution in [0.2, 0.25) is 5.02 Å². The molecule has 4 aliphatic heterocycles. The average molecular weight is 823 g/mol. The largest absolute Gasteiger partial charge is 0.489 e. The second-order valence-electron chi connectivity index (χ2n) is 16.0. The minimum absolute atomic E-state index is 0.00517. The van der Waals surface area contributed by atoms with Crippen molar-refractivity contribution in [3.63, 3.8) is 0 Å². The van der Waals surface area contributed by atoms with Gasteiger partial charge in [-0.2, -0.15) is 29.3 Å². The van der Waals surface area contributed by atoms with E-state index in [0.717, 1.165) is 54.6 Å². The molecule has 3 aromatic heterocycles. The molecule has 4 fully saturated rings. The fourth-order valence-corrected chi connectivity index (χ4v) is 11.0. The SMILES string of the molecule is CC1([C@@H]2[C@H](CN3CCOc4c(Cl)c(-c5ccc(F)c6sc(N)c(C#N)c56)c(F)c5nc(OC[C@@]67CCCN6C[C@H](F)C7)nc3c45)CN2C(=O)n2cnc(F)n2)CC1. The summed E-state index contributed by atoms with van der Waals surface area (Å²) in [7, 11) is 0. The van der Waals surface area contributed by atoms with E-state index in [0.29, 0.717) is 31.9 Å². The summed E-state index contributed by atoms with van der Waals surface area (Å²) >= 11 is 7.99. The molecule has 57 heavy (non-hydrogen) atoms. The molecule has 10 rings (SSSR count). The van der Waals surface area contributed by atoms with Crippen LogP contribution in [-0.2, 0) is 0 Å². The number of nitriles is 1. The number of amides is 1. The maximum atomic E-state index is 17.5. The van der Waals surface area contributed by atoms with Gasteiger partial charge in [-0.05, 0) is 49.3 Å². The van der Waals surface area contributed by atoms with Gasteiger partial charge in [0.25, 0.3) is 0 Å². The molecule has 1 aliphatic carbocycles. The van der Waals surface area contributed by atoms with E-state index in [2.05, 4.69) is 26.9 Å². The van der Waals surface area contributed by atoms with Crippen LogP contribution in [0.1, 0.15) is 44.6 Å². The van der Waals surface area contributed by atoms with E-state index in [-0.39, 0.29) is 96.6 Å². The smallest absolute Gasteiger partial charge is 0.346 e. The second kappa shape index (κ2) is 13.0. The normalized spacial score (nSPS) is 25.0. The number of fused-ring (bicyclic) bond motifs is 2. The van der Waals surface area contributed by atoms with Gasteiger partial charge in [-0.1, -0.05) is 24.6 Å². The molecule has 19 heteroatoms. The molecule has 0 radical (unpaired) electrons. The maximum Gasteiger partial charge on any atom is 0.346 e. The van der Waals surface area contributed by atoms with Gasteiger partial charge in [0.1, 0.15) is 53.9 Å². The molecule has 2 aromatic carbocycles. The molecule has 5 aliphatic rings. The number of anilines is 2. The number of alkyl halides is 1. The van der Waals surface area contributed by atoms with Crippen LogP contribution < -0.4 is 20.1 Å². The molecule has 3 saturated heterocycles. The van der Waals surface area contributed by atoms with Gasteiger partial charge in [0, 0.05) is 49.0 Å². The van der Waals surface area contributed by atoms with Crippen molar-refractivity contribution in [2.75, 3.05) is 56.6 Å². The number of likely N-dealkylation sites (tertiary alicyclic amines) is 1. The number of nitrogens with zero attached hydrogens (tertiary/aromatic N) is 9. The number of rotatable bonds is 7. The van der Waals surface area contributed by atoms with Crippen LogP contribution in [0.15, 0.2) is 18.5 Å². The lowest BCUT2D eigenvalue weighted by molar-refractivity contribution is 0.00934. The van der Waals surface area contributed by atoms with Crippen LogP contribution in [0.5, 0.6) is 11.8 Å². The van der Waals surface area contributed by atoms with Crippen molar-refractivity contribution in [2.24, 2.45) is 11.3 Å². The first kappa shape index (κ1) is 36.4. The molecule has 2 N–H and O–H groups in total. The molecule has 0 spiro atoms. The second-order valence-corrected chi connectivity index (χ2v) is 17.5. The third-order valence-corrected chi connectivity index (χ3v) is 14.0. The lowest BCUT2D eigenvalue weighted by Crippen LogP contribution is -2.65. The highest BCUT2D eigenvalue weighted by atomic mass is 35.5. The van der Waals surface area contributed by atoms with E-state index in [1.807, 2.05) is 11.0 Å². The molecule has 296 valence electrons.